The molecule has 18 heavy (non-hydrogen) atoms. The van der Waals surface area contributed by atoms with Gasteiger partial charge in [-0.1, -0.05) is 19.9 Å². The minimum absolute atomic E-state index is 0.386. The van der Waals surface area contributed by atoms with E-state index in [9.17, 15) is 0 Å². The number of pyridine rings is 1. The summed E-state index contributed by atoms with van der Waals surface area (Å²) in [6, 6.07) is 5.52. The molecule has 1 heterocycles. The second-order valence-corrected chi connectivity index (χ2v) is 5.15. The molecule has 100 valence electrons. The van der Waals surface area contributed by atoms with Crippen LogP contribution in [0.2, 0.25) is 0 Å². The van der Waals surface area contributed by atoms with E-state index < -0.39 is 0 Å². The Hall–Kier alpha value is -1.09. The van der Waals surface area contributed by atoms with Crippen LogP contribution >= 0.6 is 0 Å². The zero-order valence-corrected chi connectivity index (χ0v) is 11.8. The Labute approximate surface area is 111 Å². The van der Waals surface area contributed by atoms with Crippen molar-refractivity contribution in [2.45, 2.75) is 52.1 Å². The predicted octanol–water partition coefficient (Wildman–Crippen LogP) is 3.13. The number of rotatable bonds is 7. The van der Waals surface area contributed by atoms with Gasteiger partial charge in [-0.2, -0.15) is 0 Å². The molecule has 0 aliphatic heterocycles. The van der Waals surface area contributed by atoms with Crippen LogP contribution in [-0.2, 0) is 0 Å². The number of anilines is 1. The summed E-state index contributed by atoms with van der Waals surface area (Å²) in [7, 11) is 0. The molecule has 3 nitrogen and oxygen atoms in total. The van der Waals surface area contributed by atoms with Crippen molar-refractivity contribution in [3.05, 3.63) is 23.9 Å². The highest BCUT2D eigenvalue weighted by atomic mass is 15.2. The van der Waals surface area contributed by atoms with Gasteiger partial charge in [0.05, 0.1) is 0 Å². The second kappa shape index (κ2) is 6.19. The van der Waals surface area contributed by atoms with E-state index in [2.05, 4.69) is 48.1 Å². The molecule has 1 N–H and O–H groups in total. The van der Waals surface area contributed by atoms with E-state index in [1.165, 1.54) is 24.8 Å². The van der Waals surface area contributed by atoms with Gasteiger partial charge in [0.2, 0.25) is 0 Å². The van der Waals surface area contributed by atoms with Crippen LogP contribution in [0.4, 0.5) is 5.82 Å². The molecule has 2 rings (SSSR count). The van der Waals surface area contributed by atoms with Crippen molar-refractivity contribution in [1.29, 1.82) is 0 Å². The average Bonchev–Trinajstić information content (AvgIpc) is 3.21. The average molecular weight is 247 g/mol. The van der Waals surface area contributed by atoms with E-state index >= 15 is 0 Å². The number of hydrogen-bond acceptors (Lipinski definition) is 3. The molecule has 1 aromatic heterocycles. The van der Waals surface area contributed by atoms with Gasteiger partial charge in [0.15, 0.2) is 0 Å². The predicted molar refractivity (Wildman–Crippen MR) is 77.0 cm³/mol. The lowest BCUT2D eigenvalue weighted by Gasteiger charge is -2.23. The molecular weight excluding hydrogens is 222 g/mol. The number of nitrogens with one attached hydrogen (secondary N) is 1. The molecule has 1 aliphatic rings. The van der Waals surface area contributed by atoms with Gasteiger partial charge in [0, 0.05) is 24.8 Å². The van der Waals surface area contributed by atoms with Crippen LogP contribution in [0.1, 0.15) is 51.6 Å². The summed E-state index contributed by atoms with van der Waals surface area (Å²) in [5, 5.41) is 3.42. The lowest BCUT2D eigenvalue weighted by atomic mass is 10.1. The Morgan fingerprint density at radius 1 is 1.39 bits per heavy atom. The van der Waals surface area contributed by atoms with E-state index in [1.807, 2.05) is 6.20 Å². The molecule has 0 aromatic carbocycles. The van der Waals surface area contributed by atoms with Crippen LogP contribution < -0.4 is 10.2 Å². The number of aromatic nitrogens is 1. The molecule has 0 radical (unpaired) electrons. The van der Waals surface area contributed by atoms with E-state index in [4.69, 9.17) is 0 Å². The largest absolute Gasteiger partial charge is 0.354 e. The minimum atomic E-state index is 0.386. The summed E-state index contributed by atoms with van der Waals surface area (Å²) in [5.41, 5.74) is 1.27. The molecule has 0 saturated heterocycles. The van der Waals surface area contributed by atoms with Gasteiger partial charge in [-0.15, -0.1) is 0 Å². The molecule has 1 fully saturated rings. The lowest BCUT2D eigenvalue weighted by molar-refractivity contribution is 0.596. The quantitative estimate of drug-likeness (QED) is 0.802. The molecular formula is C15H25N3. The molecule has 1 aliphatic carbocycles. The van der Waals surface area contributed by atoms with Gasteiger partial charge in [0.1, 0.15) is 5.82 Å². The van der Waals surface area contributed by atoms with Crippen molar-refractivity contribution in [3.8, 4) is 0 Å². The monoisotopic (exact) mass is 247 g/mol. The van der Waals surface area contributed by atoms with Gasteiger partial charge >= 0.3 is 0 Å². The smallest absolute Gasteiger partial charge is 0.128 e. The third-order valence-electron chi connectivity index (χ3n) is 3.53. The highest BCUT2D eigenvalue weighted by molar-refractivity contribution is 5.42. The van der Waals surface area contributed by atoms with Crippen molar-refractivity contribution in [2.75, 3.05) is 18.0 Å². The molecule has 1 unspecified atom stereocenters. The Kier molecular flexibility index (Phi) is 4.59. The van der Waals surface area contributed by atoms with Crippen molar-refractivity contribution in [3.63, 3.8) is 0 Å². The summed E-state index contributed by atoms with van der Waals surface area (Å²) in [5.74, 6) is 1.15. The van der Waals surface area contributed by atoms with Gasteiger partial charge in [-0.05, 0) is 44.4 Å². The van der Waals surface area contributed by atoms with Gasteiger partial charge in [-0.3, -0.25) is 0 Å². The van der Waals surface area contributed by atoms with Crippen LogP contribution in [0.5, 0.6) is 0 Å². The highest BCUT2D eigenvalue weighted by Crippen LogP contribution is 2.30. The summed E-state index contributed by atoms with van der Waals surface area (Å²) in [4.78, 5) is 7.11. The fraction of sp³-hybridized carbons (Fsp3) is 0.667. The van der Waals surface area contributed by atoms with Crippen LogP contribution in [0.15, 0.2) is 18.3 Å². The number of hydrogen-bond donors (Lipinski definition) is 1. The van der Waals surface area contributed by atoms with E-state index in [-0.39, 0.29) is 0 Å². The molecule has 3 heteroatoms. The summed E-state index contributed by atoms with van der Waals surface area (Å²) >= 11 is 0. The Morgan fingerprint density at radius 3 is 2.67 bits per heavy atom. The first-order chi connectivity index (χ1) is 8.76. The van der Waals surface area contributed by atoms with Crippen molar-refractivity contribution in [2.24, 2.45) is 0 Å². The van der Waals surface area contributed by atoms with Crippen molar-refractivity contribution < 1.29 is 0 Å². The van der Waals surface area contributed by atoms with Crippen molar-refractivity contribution >= 4 is 5.82 Å². The highest BCUT2D eigenvalue weighted by Gasteiger charge is 2.29. The first-order valence-electron chi connectivity index (χ1n) is 7.22. The maximum absolute atomic E-state index is 4.65. The standard InChI is InChI=1S/C15H25N3/c1-4-10-18(14-7-8-14)15-9-6-13(11-17-15)12(3)16-5-2/h6,9,11-12,14,16H,4-5,7-8,10H2,1-3H3. The van der Waals surface area contributed by atoms with E-state index in [1.54, 1.807) is 0 Å². The van der Waals surface area contributed by atoms with Gasteiger partial charge in [0.25, 0.3) is 0 Å². The zero-order valence-electron chi connectivity index (χ0n) is 11.8. The maximum Gasteiger partial charge on any atom is 0.128 e. The first-order valence-corrected chi connectivity index (χ1v) is 7.22. The van der Waals surface area contributed by atoms with Gasteiger partial charge in [-0.25, -0.2) is 4.98 Å². The van der Waals surface area contributed by atoms with Crippen LogP contribution in [-0.4, -0.2) is 24.1 Å². The van der Waals surface area contributed by atoms with E-state index in [0.717, 1.165) is 24.9 Å². The molecule has 1 saturated carbocycles. The summed E-state index contributed by atoms with van der Waals surface area (Å²) in [6.45, 7) is 8.67. The Morgan fingerprint density at radius 2 is 2.17 bits per heavy atom. The first kappa shape index (κ1) is 13.3. The Bertz CT molecular complexity index is 357. The molecule has 0 spiro atoms. The molecule has 0 amide bonds. The lowest BCUT2D eigenvalue weighted by Crippen LogP contribution is -2.27. The van der Waals surface area contributed by atoms with E-state index in [0.29, 0.717) is 6.04 Å². The summed E-state index contributed by atoms with van der Waals surface area (Å²) in [6.07, 6.45) is 5.87. The molecule has 0 bridgehead atoms. The summed E-state index contributed by atoms with van der Waals surface area (Å²) < 4.78 is 0. The van der Waals surface area contributed by atoms with Gasteiger partial charge < -0.3 is 10.2 Å². The van der Waals surface area contributed by atoms with Crippen LogP contribution in [0.25, 0.3) is 0 Å². The maximum atomic E-state index is 4.65. The Balaban J connectivity index is 2.05. The zero-order chi connectivity index (χ0) is 13.0. The molecule has 1 atom stereocenters. The normalized spacial score (nSPS) is 16.6. The topological polar surface area (TPSA) is 28.2 Å². The molecule has 1 aromatic rings. The van der Waals surface area contributed by atoms with Crippen LogP contribution in [0, 0.1) is 0 Å². The fourth-order valence-electron chi connectivity index (χ4n) is 2.36. The third kappa shape index (κ3) is 3.22. The minimum Gasteiger partial charge on any atom is -0.354 e. The van der Waals surface area contributed by atoms with Crippen molar-refractivity contribution in [1.82, 2.24) is 10.3 Å². The number of nitrogens with zero attached hydrogens (tertiary/aromatic N) is 2. The second-order valence-electron chi connectivity index (χ2n) is 5.15. The third-order valence-corrected chi connectivity index (χ3v) is 3.53. The van der Waals surface area contributed by atoms with Crippen LogP contribution in [0.3, 0.4) is 0 Å². The fourth-order valence-corrected chi connectivity index (χ4v) is 2.36. The SMILES string of the molecule is CCCN(c1ccc(C(C)NCC)cn1)C1CC1.